The molecule has 0 saturated heterocycles. The van der Waals surface area contributed by atoms with Gasteiger partial charge in [-0.1, -0.05) is 0 Å². The Balaban J connectivity index is 2.04. The van der Waals surface area contributed by atoms with E-state index in [-0.39, 0.29) is 5.95 Å². The Hall–Kier alpha value is -2.58. The van der Waals surface area contributed by atoms with E-state index in [4.69, 9.17) is 5.73 Å². The lowest BCUT2D eigenvalue weighted by atomic mass is 10.1. The zero-order chi connectivity index (χ0) is 15.3. The predicted octanol–water partition coefficient (Wildman–Crippen LogP) is 2.68. The molecule has 1 aromatic carbocycles. The van der Waals surface area contributed by atoms with Gasteiger partial charge in [0.05, 0.1) is 5.69 Å². The van der Waals surface area contributed by atoms with Gasteiger partial charge in [-0.15, -0.1) is 0 Å². The highest BCUT2D eigenvalue weighted by molar-refractivity contribution is 5.64. The molecule has 0 fully saturated rings. The molecule has 9 heteroatoms. The van der Waals surface area contributed by atoms with Gasteiger partial charge < -0.3 is 15.2 Å². The number of nitrogens with zero attached hydrogens (tertiary/aromatic N) is 2. The number of ether oxygens (including phenoxy) is 2. The maximum absolute atomic E-state index is 13.1. The second-order valence-electron chi connectivity index (χ2n) is 4.20. The van der Waals surface area contributed by atoms with E-state index in [1.54, 1.807) is 0 Å². The highest BCUT2D eigenvalue weighted by atomic mass is 19.3. The van der Waals surface area contributed by atoms with Crippen LogP contribution in [0.25, 0.3) is 11.3 Å². The molecule has 2 aromatic rings. The Labute approximate surface area is 115 Å². The van der Waals surface area contributed by atoms with Crippen LogP contribution in [0.15, 0.2) is 30.5 Å². The molecule has 0 bridgehead atoms. The Kier molecular flexibility index (Phi) is 2.68. The summed E-state index contributed by atoms with van der Waals surface area (Å²) in [5, 5.41) is 0. The van der Waals surface area contributed by atoms with Gasteiger partial charge in [0.25, 0.3) is 0 Å². The van der Waals surface area contributed by atoms with Crippen LogP contribution < -0.4 is 15.2 Å². The number of hydrogen-bond acceptors (Lipinski definition) is 5. The van der Waals surface area contributed by atoms with Crippen LogP contribution in [0.2, 0.25) is 0 Å². The highest BCUT2D eigenvalue weighted by Gasteiger charge is 2.65. The van der Waals surface area contributed by atoms with Gasteiger partial charge in [0.15, 0.2) is 11.5 Å². The van der Waals surface area contributed by atoms with Gasteiger partial charge in [-0.3, -0.25) is 0 Å². The lowest BCUT2D eigenvalue weighted by molar-refractivity contribution is -0.391. The van der Waals surface area contributed by atoms with Crippen LogP contribution in [0.5, 0.6) is 11.5 Å². The molecule has 0 spiro atoms. The van der Waals surface area contributed by atoms with Crippen molar-refractivity contribution in [3.05, 3.63) is 30.5 Å². The summed E-state index contributed by atoms with van der Waals surface area (Å²) in [4.78, 5) is 7.58. The van der Waals surface area contributed by atoms with E-state index in [1.807, 2.05) is 0 Å². The van der Waals surface area contributed by atoms with Gasteiger partial charge in [-0.2, -0.15) is 17.6 Å². The van der Waals surface area contributed by atoms with E-state index in [0.29, 0.717) is 11.3 Å². The monoisotopic (exact) mass is 301 g/mol. The molecule has 0 saturated carbocycles. The number of nitrogens with two attached hydrogens (primary N) is 1. The molecule has 3 rings (SSSR count). The second-order valence-corrected chi connectivity index (χ2v) is 4.20. The van der Waals surface area contributed by atoms with Crippen LogP contribution >= 0.6 is 0 Å². The minimum Gasteiger partial charge on any atom is -0.421 e. The fourth-order valence-electron chi connectivity index (χ4n) is 1.76. The van der Waals surface area contributed by atoms with Crippen molar-refractivity contribution in [2.75, 3.05) is 5.73 Å². The highest BCUT2D eigenvalue weighted by Crippen LogP contribution is 2.47. The first-order valence-corrected chi connectivity index (χ1v) is 5.65. The van der Waals surface area contributed by atoms with E-state index in [1.165, 1.54) is 18.3 Å². The first-order valence-electron chi connectivity index (χ1n) is 5.65. The van der Waals surface area contributed by atoms with Crippen molar-refractivity contribution in [1.29, 1.82) is 0 Å². The summed E-state index contributed by atoms with van der Waals surface area (Å²) in [6, 6.07) is 5.05. The molecule has 0 radical (unpaired) electrons. The van der Waals surface area contributed by atoms with E-state index in [0.717, 1.165) is 12.1 Å². The second kappa shape index (κ2) is 4.21. The van der Waals surface area contributed by atoms with E-state index in [2.05, 4.69) is 19.4 Å². The Morgan fingerprint density at radius 2 is 1.62 bits per heavy atom. The van der Waals surface area contributed by atoms with Gasteiger partial charge in [-0.25, -0.2) is 9.97 Å². The Morgan fingerprint density at radius 1 is 0.952 bits per heavy atom. The molecule has 1 aromatic heterocycles. The van der Waals surface area contributed by atoms with Crippen molar-refractivity contribution in [2.24, 2.45) is 0 Å². The summed E-state index contributed by atoms with van der Waals surface area (Å²) < 4.78 is 60.3. The van der Waals surface area contributed by atoms with E-state index in [9.17, 15) is 17.6 Å². The normalized spacial score (nSPS) is 18.3. The lowest BCUT2D eigenvalue weighted by Crippen LogP contribution is -2.52. The van der Waals surface area contributed by atoms with Gasteiger partial charge >= 0.3 is 12.2 Å². The molecular formula is C12H7F4N3O2. The first-order chi connectivity index (χ1) is 9.78. The van der Waals surface area contributed by atoms with Crippen LogP contribution in [0.1, 0.15) is 0 Å². The number of aromatic nitrogens is 2. The number of nitrogen functional groups attached to an aromatic ring is 1. The predicted molar refractivity (Wildman–Crippen MR) is 63.0 cm³/mol. The molecule has 2 heterocycles. The van der Waals surface area contributed by atoms with Crippen molar-refractivity contribution >= 4 is 5.95 Å². The lowest BCUT2D eigenvalue weighted by Gasteiger charge is -2.31. The van der Waals surface area contributed by atoms with Crippen LogP contribution in [0, 0.1) is 0 Å². The summed E-state index contributed by atoms with van der Waals surface area (Å²) in [5.74, 6) is -1.02. The van der Waals surface area contributed by atoms with Crippen molar-refractivity contribution in [3.8, 4) is 22.8 Å². The van der Waals surface area contributed by atoms with Crippen molar-refractivity contribution in [1.82, 2.24) is 9.97 Å². The summed E-state index contributed by atoms with van der Waals surface area (Å²) >= 11 is 0. The van der Waals surface area contributed by atoms with Crippen LogP contribution in [0.3, 0.4) is 0 Å². The smallest absolute Gasteiger partial charge is 0.421 e. The largest absolute Gasteiger partial charge is 0.507 e. The van der Waals surface area contributed by atoms with Crippen LogP contribution in [-0.4, -0.2) is 22.2 Å². The number of hydrogen-bond donors (Lipinski definition) is 1. The Morgan fingerprint density at radius 3 is 2.29 bits per heavy atom. The maximum atomic E-state index is 13.1. The Bertz CT molecular complexity index is 709. The average Bonchev–Trinajstić information content (AvgIpc) is 2.39. The summed E-state index contributed by atoms with van der Waals surface area (Å²) in [5.41, 5.74) is 6.08. The minimum absolute atomic E-state index is 0.0146. The zero-order valence-electron chi connectivity index (χ0n) is 10.2. The van der Waals surface area contributed by atoms with Crippen LogP contribution in [0.4, 0.5) is 23.5 Å². The molecule has 2 N–H and O–H groups in total. The van der Waals surface area contributed by atoms with Crippen LogP contribution in [-0.2, 0) is 0 Å². The fraction of sp³-hybridized carbons (Fsp3) is 0.167. The standard InChI is InChI=1S/C12H7F4N3O2/c13-11(14)12(15,16)21-9-5-6(1-2-8(9)20-11)7-3-4-18-10(17)19-7/h1-5H,(H2,17,18,19). The number of benzene rings is 1. The number of alkyl halides is 4. The van der Waals surface area contributed by atoms with Gasteiger partial charge in [0.2, 0.25) is 5.95 Å². The van der Waals surface area contributed by atoms with Gasteiger partial charge in [-0.05, 0) is 24.3 Å². The molecule has 1 aliphatic heterocycles. The molecule has 0 amide bonds. The first kappa shape index (κ1) is 13.4. The van der Waals surface area contributed by atoms with Gasteiger partial charge in [0, 0.05) is 11.8 Å². The quantitative estimate of drug-likeness (QED) is 0.820. The maximum Gasteiger partial charge on any atom is 0.507 e. The molecule has 5 nitrogen and oxygen atoms in total. The van der Waals surface area contributed by atoms with Crippen molar-refractivity contribution in [3.63, 3.8) is 0 Å². The average molecular weight is 301 g/mol. The number of halogens is 4. The zero-order valence-corrected chi connectivity index (χ0v) is 10.2. The molecule has 0 unspecified atom stereocenters. The number of fused-ring (bicyclic) bond motifs is 1. The van der Waals surface area contributed by atoms with Gasteiger partial charge in [0.1, 0.15) is 0 Å². The molecule has 110 valence electrons. The fourth-order valence-corrected chi connectivity index (χ4v) is 1.76. The molecule has 21 heavy (non-hydrogen) atoms. The SMILES string of the molecule is Nc1nccc(-c2ccc3c(c2)OC(F)(F)C(F)(F)O3)n1. The van der Waals surface area contributed by atoms with Crippen molar-refractivity contribution < 1.29 is 27.0 Å². The molecule has 0 aliphatic carbocycles. The third kappa shape index (κ3) is 2.20. The molecular weight excluding hydrogens is 294 g/mol. The van der Waals surface area contributed by atoms with E-state index < -0.39 is 23.7 Å². The molecule has 0 atom stereocenters. The number of rotatable bonds is 1. The summed E-state index contributed by atoms with van der Waals surface area (Å²) in [6.45, 7) is 0. The van der Waals surface area contributed by atoms with E-state index >= 15 is 0 Å². The summed E-state index contributed by atoms with van der Waals surface area (Å²) in [6.07, 6.45) is -8.12. The topological polar surface area (TPSA) is 70.3 Å². The summed E-state index contributed by atoms with van der Waals surface area (Å²) in [7, 11) is 0. The number of anilines is 1. The van der Waals surface area contributed by atoms with Crippen molar-refractivity contribution in [2.45, 2.75) is 12.2 Å². The molecule has 1 aliphatic rings. The minimum atomic E-state index is -4.76. The third-order valence-electron chi connectivity index (χ3n) is 2.73. The third-order valence-corrected chi connectivity index (χ3v) is 2.73.